The van der Waals surface area contributed by atoms with E-state index in [1.165, 1.54) is 38.5 Å². The molecule has 1 N–H and O–H groups in total. The van der Waals surface area contributed by atoms with Gasteiger partial charge in [0, 0.05) is 6.42 Å². The molecular weight excluding hydrogens is 480 g/mol. The van der Waals surface area contributed by atoms with Crippen molar-refractivity contribution in [2.24, 2.45) is 0 Å². The van der Waals surface area contributed by atoms with E-state index in [0.717, 1.165) is 44.9 Å². The Kier molecular flexibility index (Phi) is 16.6. The predicted molar refractivity (Wildman–Crippen MR) is 162 cm³/mol. The van der Waals surface area contributed by atoms with Gasteiger partial charge in [0.05, 0.1) is 12.2 Å². The highest BCUT2D eigenvalue weighted by atomic mass is 28.4. The minimum absolute atomic E-state index is 0.148. The third kappa shape index (κ3) is 14.7. The van der Waals surface area contributed by atoms with E-state index in [1.54, 1.807) is 0 Å². The van der Waals surface area contributed by atoms with Gasteiger partial charge in [-0.1, -0.05) is 113 Å². The van der Waals surface area contributed by atoms with Crippen LogP contribution in [0.1, 0.15) is 138 Å². The van der Waals surface area contributed by atoms with Crippen LogP contribution in [0.3, 0.4) is 0 Å². The normalized spacial score (nSPS) is 15.2. The van der Waals surface area contributed by atoms with Crippen LogP contribution in [0.4, 0.5) is 0 Å². The molecule has 2 unspecified atom stereocenters. The zero-order valence-corrected chi connectivity index (χ0v) is 28.2. The number of hydrogen-bond acceptors (Lipinski definition) is 3. The van der Waals surface area contributed by atoms with Gasteiger partial charge >= 0.3 is 5.97 Å². The average molecular weight is 545 g/mol. The van der Waals surface area contributed by atoms with E-state index in [-0.39, 0.29) is 28.7 Å². The molecule has 0 aliphatic rings. The van der Waals surface area contributed by atoms with Crippen LogP contribution in [0.2, 0.25) is 36.3 Å². The van der Waals surface area contributed by atoms with Gasteiger partial charge < -0.3 is 14.0 Å². The Morgan fingerprint density at radius 1 is 0.639 bits per heavy atom. The van der Waals surface area contributed by atoms with E-state index in [4.69, 9.17) is 14.0 Å². The van der Waals surface area contributed by atoms with Gasteiger partial charge in [-0.15, -0.1) is 0 Å². The molecule has 216 valence electrons. The molecule has 4 nitrogen and oxygen atoms in total. The summed E-state index contributed by atoms with van der Waals surface area (Å²) in [5, 5.41) is 9.23. The maximum absolute atomic E-state index is 10.8. The Labute approximate surface area is 228 Å². The van der Waals surface area contributed by atoms with Crippen LogP contribution in [0.15, 0.2) is 0 Å². The molecule has 0 fully saturated rings. The van der Waals surface area contributed by atoms with E-state index < -0.39 is 22.6 Å². The van der Waals surface area contributed by atoms with Crippen molar-refractivity contribution in [2.75, 3.05) is 0 Å². The first-order valence-electron chi connectivity index (χ1n) is 15.0. The molecule has 0 bridgehead atoms. The molecule has 0 spiro atoms. The number of rotatable bonds is 20. The Balaban J connectivity index is 5.50. The molecule has 0 saturated carbocycles. The summed E-state index contributed by atoms with van der Waals surface area (Å²) < 4.78 is 14.3. The molecule has 0 heterocycles. The largest absolute Gasteiger partial charge is 0.481 e. The zero-order valence-electron chi connectivity index (χ0n) is 26.2. The molecule has 6 heteroatoms. The Bertz CT molecular complexity index is 591. The van der Waals surface area contributed by atoms with Crippen LogP contribution in [0.25, 0.3) is 0 Å². The summed E-state index contributed by atoms with van der Waals surface area (Å²) in [6, 6.07) is 0. The molecule has 0 aromatic rings. The SMILES string of the molecule is CCCCCCCCC(O[Si](C)(C)C(C)(C)C)C(CCCCCCCC(=O)O)O[Si](C)(C)C(C)(C)C. The van der Waals surface area contributed by atoms with Gasteiger partial charge in [0.1, 0.15) is 0 Å². The predicted octanol–water partition coefficient (Wildman–Crippen LogP) is 10.3. The minimum atomic E-state index is -1.94. The number of carboxylic acids is 1. The highest BCUT2D eigenvalue weighted by molar-refractivity contribution is 6.74. The van der Waals surface area contributed by atoms with Crippen LogP contribution in [0, 0.1) is 0 Å². The van der Waals surface area contributed by atoms with Crippen LogP contribution >= 0.6 is 0 Å². The van der Waals surface area contributed by atoms with Gasteiger partial charge in [-0.25, -0.2) is 0 Å². The van der Waals surface area contributed by atoms with E-state index in [9.17, 15) is 4.79 Å². The van der Waals surface area contributed by atoms with Crippen molar-refractivity contribution in [1.82, 2.24) is 0 Å². The molecule has 0 aromatic carbocycles. The molecule has 0 aliphatic carbocycles. The summed E-state index contributed by atoms with van der Waals surface area (Å²) in [4.78, 5) is 10.8. The van der Waals surface area contributed by atoms with Gasteiger partial charge in [-0.2, -0.15) is 0 Å². The van der Waals surface area contributed by atoms with Gasteiger partial charge in [0.15, 0.2) is 16.6 Å². The molecule has 0 radical (unpaired) electrons. The molecule has 2 atom stereocenters. The standard InChI is InChI=1S/C30H64O4Si2/c1-12-13-14-15-17-20-23-26(33-35(8,9)29(2,3)4)27(34-36(10,11)30(5,6)7)24-21-18-16-19-22-25-28(31)32/h26-27H,12-25H2,1-11H3,(H,31,32). The fourth-order valence-electron chi connectivity index (χ4n) is 4.03. The van der Waals surface area contributed by atoms with E-state index in [0.29, 0.717) is 0 Å². The monoisotopic (exact) mass is 544 g/mol. The molecular formula is C30H64O4Si2. The highest BCUT2D eigenvalue weighted by Crippen LogP contribution is 2.41. The molecule has 0 aromatic heterocycles. The summed E-state index contributed by atoms with van der Waals surface area (Å²) in [7, 11) is -3.87. The van der Waals surface area contributed by atoms with Crippen LogP contribution < -0.4 is 0 Å². The van der Waals surface area contributed by atoms with E-state index >= 15 is 0 Å². The second-order valence-corrected chi connectivity index (χ2v) is 23.6. The van der Waals surface area contributed by atoms with Crippen LogP contribution in [-0.2, 0) is 13.6 Å². The number of unbranched alkanes of at least 4 members (excludes halogenated alkanes) is 9. The summed E-state index contributed by atoms with van der Waals surface area (Å²) in [6.07, 6.45) is 15.7. The molecule has 0 amide bonds. The van der Waals surface area contributed by atoms with Gasteiger partial charge in [0.25, 0.3) is 0 Å². The van der Waals surface area contributed by atoms with E-state index in [2.05, 4.69) is 74.7 Å². The first kappa shape index (κ1) is 35.8. The Morgan fingerprint density at radius 3 is 1.31 bits per heavy atom. The van der Waals surface area contributed by atoms with E-state index in [1.807, 2.05) is 0 Å². The van der Waals surface area contributed by atoms with Crippen LogP contribution in [-0.4, -0.2) is 39.9 Å². The minimum Gasteiger partial charge on any atom is -0.481 e. The number of aliphatic carboxylic acids is 1. The van der Waals surface area contributed by atoms with Crippen molar-refractivity contribution in [3.63, 3.8) is 0 Å². The second-order valence-electron chi connectivity index (χ2n) is 14.1. The molecule has 0 aliphatic heterocycles. The maximum Gasteiger partial charge on any atom is 0.303 e. The van der Waals surface area contributed by atoms with Crippen molar-refractivity contribution in [3.05, 3.63) is 0 Å². The first-order chi connectivity index (χ1) is 16.4. The summed E-state index contributed by atoms with van der Waals surface area (Å²) in [5.41, 5.74) is 0. The van der Waals surface area contributed by atoms with Crippen molar-refractivity contribution < 1.29 is 18.8 Å². The third-order valence-electron chi connectivity index (χ3n) is 8.64. The van der Waals surface area contributed by atoms with Crippen molar-refractivity contribution in [1.29, 1.82) is 0 Å². The number of carboxylic acid groups (broad SMARTS) is 1. The maximum atomic E-state index is 10.8. The average Bonchev–Trinajstić information content (AvgIpc) is 2.71. The number of carbonyl (C=O) groups is 1. The van der Waals surface area contributed by atoms with Gasteiger partial charge in [-0.05, 0) is 55.5 Å². The fraction of sp³-hybridized carbons (Fsp3) is 0.967. The smallest absolute Gasteiger partial charge is 0.303 e. The Morgan fingerprint density at radius 2 is 0.972 bits per heavy atom. The molecule has 0 rings (SSSR count). The van der Waals surface area contributed by atoms with Gasteiger partial charge in [-0.3, -0.25) is 4.79 Å². The Hall–Kier alpha value is -0.176. The fourth-order valence-corrected chi connectivity index (χ4v) is 6.79. The van der Waals surface area contributed by atoms with Crippen LogP contribution in [0.5, 0.6) is 0 Å². The topological polar surface area (TPSA) is 55.8 Å². The summed E-state index contributed by atoms with van der Waals surface area (Å²) in [5.74, 6) is -0.682. The van der Waals surface area contributed by atoms with Crippen molar-refractivity contribution >= 4 is 22.6 Å². The lowest BCUT2D eigenvalue weighted by Crippen LogP contribution is -2.51. The van der Waals surface area contributed by atoms with Gasteiger partial charge in [0.2, 0.25) is 0 Å². The third-order valence-corrected chi connectivity index (χ3v) is 17.6. The highest BCUT2D eigenvalue weighted by Gasteiger charge is 2.44. The molecule has 0 saturated heterocycles. The second kappa shape index (κ2) is 16.7. The van der Waals surface area contributed by atoms with Crippen molar-refractivity contribution in [2.45, 2.75) is 187 Å². The number of hydrogen-bond donors (Lipinski definition) is 1. The first-order valence-corrected chi connectivity index (χ1v) is 20.8. The van der Waals surface area contributed by atoms with Crippen molar-refractivity contribution in [3.8, 4) is 0 Å². The lowest BCUT2D eigenvalue weighted by Gasteiger charge is -2.45. The molecule has 36 heavy (non-hydrogen) atoms. The lowest BCUT2D eigenvalue weighted by molar-refractivity contribution is -0.137. The summed E-state index contributed by atoms with van der Waals surface area (Å²) >= 11 is 0. The lowest BCUT2D eigenvalue weighted by atomic mass is 9.99. The zero-order chi connectivity index (χ0) is 28.0. The summed E-state index contributed by atoms with van der Waals surface area (Å²) in [6.45, 7) is 25.8. The quantitative estimate of drug-likeness (QED) is 0.122.